The lowest BCUT2D eigenvalue weighted by Crippen LogP contribution is -1.99. The molecular formula is C37H30N2. The Morgan fingerprint density at radius 1 is 0.692 bits per heavy atom. The van der Waals surface area contributed by atoms with Crippen LogP contribution in [0.1, 0.15) is 23.7 Å². The first-order chi connectivity index (χ1) is 19.2. The van der Waals surface area contributed by atoms with Gasteiger partial charge in [-0.2, -0.15) is 0 Å². The average molecular weight is 503 g/mol. The first-order valence-corrected chi connectivity index (χ1v) is 13.3. The minimum absolute atomic E-state index is 1.09. The first kappa shape index (κ1) is 24.4. The molecule has 4 aromatic carbocycles. The largest absolute Gasteiger partial charge is 0.309 e. The van der Waals surface area contributed by atoms with Gasteiger partial charge in [-0.1, -0.05) is 85.5 Å². The van der Waals surface area contributed by atoms with Gasteiger partial charge >= 0.3 is 0 Å². The van der Waals surface area contributed by atoms with E-state index in [1.54, 1.807) is 0 Å². The van der Waals surface area contributed by atoms with Crippen LogP contribution in [0.4, 0.5) is 0 Å². The van der Waals surface area contributed by atoms with Gasteiger partial charge in [-0.15, -0.1) is 0 Å². The van der Waals surface area contributed by atoms with E-state index < -0.39 is 0 Å². The van der Waals surface area contributed by atoms with Crippen LogP contribution in [0.25, 0.3) is 62.1 Å². The molecule has 0 fully saturated rings. The van der Waals surface area contributed by atoms with E-state index in [1.165, 1.54) is 38.9 Å². The number of rotatable bonds is 6. The fourth-order valence-electron chi connectivity index (χ4n) is 5.44. The van der Waals surface area contributed by atoms with Gasteiger partial charge < -0.3 is 4.57 Å². The summed E-state index contributed by atoms with van der Waals surface area (Å²) >= 11 is 0. The van der Waals surface area contributed by atoms with Gasteiger partial charge in [0.1, 0.15) is 0 Å². The number of hydrogen-bond donors (Lipinski definition) is 0. The molecule has 2 heteroatoms. The monoisotopic (exact) mass is 502 g/mol. The number of aryl methyl sites for hydroxylation is 1. The summed E-state index contributed by atoms with van der Waals surface area (Å²) < 4.78 is 2.32. The van der Waals surface area contributed by atoms with E-state index in [2.05, 4.69) is 145 Å². The highest BCUT2D eigenvalue weighted by atomic mass is 15.0. The second kappa shape index (κ2) is 10.4. The number of fused-ring (bicyclic) bond motifs is 1. The molecule has 0 saturated carbocycles. The van der Waals surface area contributed by atoms with Crippen LogP contribution in [0.2, 0.25) is 0 Å². The standard InChI is InChI=1S/C37H30N2/c1-4-12-36-34(5-2)35-25-38-18-17-37(35)39(36)33-20-26(3)19-29(24-33)32-22-30(27-13-8-6-9-14-27)21-31(23-32)28-15-10-7-11-16-28/h4-25H,2H2,1,3H3/b12-4-. The highest BCUT2D eigenvalue weighted by molar-refractivity contribution is 5.95. The van der Waals surface area contributed by atoms with E-state index in [0.717, 1.165) is 27.8 Å². The minimum Gasteiger partial charge on any atom is -0.309 e. The summed E-state index contributed by atoms with van der Waals surface area (Å²) in [6.07, 6.45) is 9.96. The quantitative estimate of drug-likeness (QED) is 0.221. The minimum atomic E-state index is 1.09. The Morgan fingerprint density at radius 2 is 1.28 bits per heavy atom. The van der Waals surface area contributed by atoms with Crippen molar-refractivity contribution in [2.75, 3.05) is 0 Å². The molecule has 0 atom stereocenters. The molecule has 0 amide bonds. The van der Waals surface area contributed by atoms with Gasteiger partial charge in [0, 0.05) is 29.0 Å². The molecule has 0 bridgehead atoms. The Labute approximate surface area is 230 Å². The Balaban J connectivity index is 1.60. The maximum Gasteiger partial charge on any atom is 0.0571 e. The van der Waals surface area contributed by atoms with Crippen LogP contribution in [0.15, 0.2) is 128 Å². The van der Waals surface area contributed by atoms with Crippen molar-refractivity contribution in [1.29, 1.82) is 0 Å². The van der Waals surface area contributed by atoms with Crippen molar-refractivity contribution in [2.45, 2.75) is 13.8 Å². The number of pyridine rings is 1. The molecule has 2 heterocycles. The van der Waals surface area contributed by atoms with Crippen LogP contribution in [0.3, 0.4) is 0 Å². The topological polar surface area (TPSA) is 17.8 Å². The third kappa shape index (κ3) is 4.62. The average Bonchev–Trinajstić information content (AvgIpc) is 3.30. The molecule has 0 unspecified atom stereocenters. The summed E-state index contributed by atoms with van der Waals surface area (Å²) in [7, 11) is 0. The molecule has 0 aliphatic carbocycles. The number of benzene rings is 4. The molecular weight excluding hydrogens is 472 g/mol. The zero-order chi connectivity index (χ0) is 26.8. The van der Waals surface area contributed by atoms with Crippen molar-refractivity contribution >= 4 is 23.1 Å². The number of allylic oxidation sites excluding steroid dienone is 1. The van der Waals surface area contributed by atoms with Crippen LogP contribution in [-0.2, 0) is 0 Å². The summed E-state index contributed by atoms with van der Waals surface area (Å²) in [5, 5.41) is 1.10. The number of hydrogen-bond acceptors (Lipinski definition) is 1. The predicted molar refractivity (Wildman–Crippen MR) is 167 cm³/mol. The molecule has 6 aromatic rings. The summed E-state index contributed by atoms with van der Waals surface area (Å²) in [6, 6.07) is 37.0. The maximum absolute atomic E-state index is 4.40. The van der Waals surface area contributed by atoms with Crippen molar-refractivity contribution in [3.05, 3.63) is 145 Å². The van der Waals surface area contributed by atoms with Gasteiger partial charge in [-0.3, -0.25) is 4.98 Å². The van der Waals surface area contributed by atoms with E-state index in [0.29, 0.717) is 0 Å². The van der Waals surface area contributed by atoms with E-state index in [-0.39, 0.29) is 0 Å². The van der Waals surface area contributed by atoms with E-state index in [4.69, 9.17) is 0 Å². The Bertz CT molecular complexity index is 1770. The normalized spacial score (nSPS) is 11.3. The third-order valence-corrected chi connectivity index (χ3v) is 7.18. The zero-order valence-electron chi connectivity index (χ0n) is 22.3. The molecule has 6 rings (SSSR count). The molecule has 188 valence electrons. The van der Waals surface area contributed by atoms with Gasteiger partial charge in [0.05, 0.1) is 11.2 Å². The molecule has 0 spiro atoms. The van der Waals surface area contributed by atoms with Gasteiger partial charge in [0.15, 0.2) is 0 Å². The maximum atomic E-state index is 4.40. The highest BCUT2D eigenvalue weighted by Gasteiger charge is 2.16. The lowest BCUT2D eigenvalue weighted by Gasteiger charge is -2.15. The highest BCUT2D eigenvalue weighted by Crippen LogP contribution is 2.36. The summed E-state index contributed by atoms with van der Waals surface area (Å²) in [5.74, 6) is 0. The van der Waals surface area contributed by atoms with Crippen LogP contribution in [0.5, 0.6) is 0 Å². The lowest BCUT2D eigenvalue weighted by molar-refractivity contribution is 1.10. The van der Waals surface area contributed by atoms with E-state index >= 15 is 0 Å². The van der Waals surface area contributed by atoms with Crippen LogP contribution in [0, 0.1) is 6.92 Å². The molecule has 0 saturated heterocycles. The van der Waals surface area contributed by atoms with E-state index in [9.17, 15) is 0 Å². The van der Waals surface area contributed by atoms with Crippen molar-refractivity contribution in [2.24, 2.45) is 0 Å². The van der Waals surface area contributed by atoms with Crippen LogP contribution >= 0.6 is 0 Å². The number of nitrogens with zero attached hydrogens (tertiary/aromatic N) is 2. The summed E-state index contributed by atoms with van der Waals surface area (Å²) in [4.78, 5) is 4.40. The number of aromatic nitrogens is 2. The van der Waals surface area contributed by atoms with Crippen molar-refractivity contribution in [3.63, 3.8) is 0 Å². The summed E-state index contributed by atoms with van der Waals surface area (Å²) in [6.45, 7) is 8.34. The molecule has 0 aliphatic heterocycles. The van der Waals surface area contributed by atoms with Crippen LogP contribution in [-0.4, -0.2) is 9.55 Å². The second-order valence-electron chi connectivity index (χ2n) is 9.82. The third-order valence-electron chi connectivity index (χ3n) is 7.18. The van der Waals surface area contributed by atoms with Gasteiger partial charge in [0.25, 0.3) is 0 Å². The first-order valence-electron chi connectivity index (χ1n) is 13.3. The van der Waals surface area contributed by atoms with Gasteiger partial charge in [-0.05, 0) is 95.3 Å². The van der Waals surface area contributed by atoms with Crippen molar-refractivity contribution in [1.82, 2.24) is 9.55 Å². The SMILES string of the molecule is C=Cc1c(/C=C\C)n(-c2cc(C)cc(-c3cc(-c4ccccc4)cc(-c4ccccc4)c3)c2)c2ccncc12. The van der Waals surface area contributed by atoms with Gasteiger partial charge in [-0.25, -0.2) is 0 Å². The molecule has 0 radical (unpaired) electrons. The Kier molecular flexibility index (Phi) is 6.52. The lowest BCUT2D eigenvalue weighted by atomic mass is 9.92. The molecule has 0 aliphatic rings. The fourth-order valence-corrected chi connectivity index (χ4v) is 5.44. The fraction of sp³-hybridized carbons (Fsp3) is 0.0541. The zero-order valence-corrected chi connectivity index (χ0v) is 22.3. The summed E-state index contributed by atoms with van der Waals surface area (Å²) in [5.41, 5.74) is 12.8. The van der Waals surface area contributed by atoms with Crippen molar-refractivity contribution in [3.8, 4) is 39.1 Å². The van der Waals surface area contributed by atoms with Gasteiger partial charge in [0.2, 0.25) is 0 Å². The smallest absolute Gasteiger partial charge is 0.0571 e. The molecule has 2 aromatic heterocycles. The molecule has 39 heavy (non-hydrogen) atoms. The van der Waals surface area contributed by atoms with E-state index in [1.807, 2.05) is 18.5 Å². The Morgan fingerprint density at radius 3 is 1.87 bits per heavy atom. The van der Waals surface area contributed by atoms with Crippen molar-refractivity contribution < 1.29 is 0 Å². The predicted octanol–water partition coefficient (Wildman–Crippen LogP) is 10.0. The Hall–Kier alpha value is -4.95. The second-order valence-corrected chi connectivity index (χ2v) is 9.82. The molecule has 2 nitrogen and oxygen atoms in total. The van der Waals surface area contributed by atoms with Crippen LogP contribution < -0.4 is 0 Å². The molecule has 0 N–H and O–H groups in total.